The summed E-state index contributed by atoms with van der Waals surface area (Å²) in [4.78, 5) is 57.9. The quantitative estimate of drug-likeness (QED) is 0.315. The van der Waals surface area contributed by atoms with Crippen LogP contribution in [0.15, 0.2) is 58.4 Å². The van der Waals surface area contributed by atoms with E-state index in [2.05, 4.69) is 50.0 Å². The lowest BCUT2D eigenvalue weighted by atomic mass is 9.68. The first-order valence-electron chi connectivity index (χ1n) is 14.2. The van der Waals surface area contributed by atoms with Gasteiger partial charge in [-0.2, -0.15) is 0 Å². The van der Waals surface area contributed by atoms with Gasteiger partial charge in [-0.25, -0.2) is 4.79 Å². The van der Waals surface area contributed by atoms with Gasteiger partial charge in [-0.15, -0.1) is 11.8 Å². The molecule has 0 radical (unpaired) electrons. The van der Waals surface area contributed by atoms with Crippen LogP contribution in [0, 0.1) is 29.6 Å². The van der Waals surface area contributed by atoms with Crippen molar-refractivity contribution in [1.82, 2.24) is 4.98 Å². The number of aromatic nitrogens is 1. The lowest BCUT2D eigenvalue weighted by molar-refractivity contribution is -0.123. The van der Waals surface area contributed by atoms with Crippen LogP contribution in [0.4, 0.5) is 5.69 Å². The summed E-state index contributed by atoms with van der Waals surface area (Å²) < 4.78 is 5.07. The third-order valence-electron chi connectivity index (χ3n) is 9.50. The van der Waals surface area contributed by atoms with E-state index in [1.165, 1.54) is 21.8 Å². The fourth-order valence-corrected chi connectivity index (χ4v) is 10.7. The molecule has 2 aromatic carbocycles. The Kier molecular flexibility index (Phi) is 6.14. The summed E-state index contributed by atoms with van der Waals surface area (Å²) in [6.07, 6.45) is 0.848. The van der Waals surface area contributed by atoms with Crippen molar-refractivity contribution in [3.8, 4) is 0 Å². The fraction of sp³-hybridized carbons (Fsp3) is 0.438. The van der Waals surface area contributed by atoms with Crippen LogP contribution in [0.25, 0.3) is 0 Å². The number of thioether (sulfide) groups is 1. The van der Waals surface area contributed by atoms with Crippen molar-refractivity contribution in [2.75, 3.05) is 11.5 Å². The first-order valence-corrected chi connectivity index (χ1v) is 15.9. The van der Waals surface area contributed by atoms with Crippen molar-refractivity contribution in [3.63, 3.8) is 0 Å². The van der Waals surface area contributed by atoms with Gasteiger partial charge in [0.2, 0.25) is 11.8 Å². The predicted octanol–water partition coefficient (Wildman–Crippen LogP) is 5.59. The number of H-pyrrole nitrogens is 1. The molecule has 3 aromatic rings. The van der Waals surface area contributed by atoms with Gasteiger partial charge in [0.05, 0.1) is 34.7 Å². The molecule has 0 spiro atoms. The number of nitrogens with zero attached hydrogens (tertiary/aromatic N) is 1. The number of amides is 2. The van der Waals surface area contributed by atoms with Crippen molar-refractivity contribution >= 4 is 46.6 Å². The van der Waals surface area contributed by atoms with Gasteiger partial charge in [0.25, 0.3) is 0 Å². The second-order valence-corrected chi connectivity index (χ2v) is 14.8. The molecular weight excluding hydrogens is 556 g/mol. The van der Waals surface area contributed by atoms with E-state index in [0.717, 1.165) is 21.9 Å². The van der Waals surface area contributed by atoms with Crippen molar-refractivity contribution in [1.29, 1.82) is 0 Å². The second kappa shape index (κ2) is 9.42. The van der Waals surface area contributed by atoms with Crippen molar-refractivity contribution < 1.29 is 19.1 Å². The molecule has 7 atom stereocenters. The molecule has 2 aliphatic carbocycles. The molecule has 1 N–H and O–H groups in total. The van der Waals surface area contributed by atoms with Gasteiger partial charge in [0.1, 0.15) is 0 Å². The van der Waals surface area contributed by atoms with Crippen LogP contribution < -0.4 is 9.77 Å². The fourth-order valence-electron chi connectivity index (χ4n) is 7.80. The number of hydrogen-bond donors (Lipinski definition) is 1. The summed E-state index contributed by atoms with van der Waals surface area (Å²) in [5.74, 6) is -1.16. The Bertz CT molecular complexity index is 1620. The normalized spacial score (nSPS) is 29.9. The van der Waals surface area contributed by atoms with Crippen LogP contribution in [0.5, 0.6) is 0 Å². The molecule has 2 aliphatic heterocycles. The molecule has 7 nitrogen and oxygen atoms in total. The zero-order valence-electron chi connectivity index (χ0n) is 23.4. The molecule has 3 fully saturated rings. The van der Waals surface area contributed by atoms with Crippen LogP contribution in [-0.2, 0) is 19.7 Å². The molecule has 212 valence electrons. The number of aromatic amines is 1. The lowest BCUT2D eigenvalue weighted by Gasteiger charge is -2.43. The summed E-state index contributed by atoms with van der Waals surface area (Å²) in [5.41, 5.74) is 3.33. The minimum atomic E-state index is -0.429. The molecule has 2 amide bonds. The third-order valence-corrected chi connectivity index (χ3v) is 12.1. The molecule has 1 saturated heterocycles. The monoisotopic (exact) mass is 588 g/mol. The Morgan fingerprint density at radius 2 is 1.63 bits per heavy atom. The van der Waals surface area contributed by atoms with E-state index in [-0.39, 0.29) is 69.5 Å². The summed E-state index contributed by atoms with van der Waals surface area (Å²) >= 11 is 2.98. The number of carbonyl (C=O) groups excluding carboxylic acids is 3. The average Bonchev–Trinajstić information content (AvgIpc) is 3.67. The van der Waals surface area contributed by atoms with E-state index in [0.29, 0.717) is 11.3 Å². The third kappa shape index (κ3) is 3.99. The van der Waals surface area contributed by atoms with Gasteiger partial charge in [0, 0.05) is 16.0 Å². The van der Waals surface area contributed by atoms with Gasteiger partial charge in [0.15, 0.2) is 0 Å². The number of nitrogens with one attached hydrogen (secondary N) is 1. The molecule has 3 heterocycles. The molecule has 2 bridgehead atoms. The highest BCUT2D eigenvalue weighted by atomic mass is 32.2. The molecule has 1 aromatic heterocycles. The lowest BCUT2D eigenvalue weighted by Crippen LogP contribution is -2.42. The summed E-state index contributed by atoms with van der Waals surface area (Å²) in [7, 11) is 0. The van der Waals surface area contributed by atoms with E-state index in [1.807, 2.05) is 0 Å². The highest BCUT2D eigenvalue weighted by molar-refractivity contribution is 8.00. The molecule has 0 unspecified atom stereocenters. The van der Waals surface area contributed by atoms with Crippen LogP contribution in [0.3, 0.4) is 0 Å². The van der Waals surface area contributed by atoms with Gasteiger partial charge < -0.3 is 9.72 Å². The Morgan fingerprint density at radius 3 is 2.27 bits per heavy atom. The number of benzene rings is 2. The van der Waals surface area contributed by atoms with Crippen LogP contribution >= 0.6 is 23.1 Å². The van der Waals surface area contributed by atoms with Gasteiger partial charge >= 0.3 is 10.8 Å². The molecule has 9 heteroatoms. The maximum Gasteiger partial charge on any atom is 0.338 e. The largest absolute Gasteiger partial charge is 0.462 e. The standard InChI is InChI=1S/C32H32N2O5S2/c1-5-39-30(37)16-8-12-18(13-9-16)34-28(35)23-19-14-20(24(23)29(34)36)25-22(19)21(26-27(40-25)33-31(38)41-26)15-6-10-17(11-7-15)32(2,3)4/h6-13,19-25H,5,14H2,1-4H3,(H,33,38)/t19-,20-,21+,22+,23+,24+,25-/m1/s1. The molecule has 7 rings (SSSR count). The summed E-state index contributed by atoms with van der Waals surface area (Å²) in [6.45, 7) is 8.61. The zero-order chi connectivity index (χ0) is 28.8. The number of ether oxygens (including phenoxy) is 1. The van der Waals surface area contributed by atoms with Crippen molar-refractivity contribution in [2.24, 2.45) is 29.6 Å². The van der Waals surface area contributed by atoms with E-state index < -0.39 is 5.97 Å². The Hall–Kier alpha value is -3.17. The SMILES string of the molecule is CCOC(=O)c1ccc(N2C(=O)[C@H]3[C@H]4C[C@@H]([C@@H]3C2=O)[C@H]2[C@H](c3ccc(C(C)(C)C)cc3)c3sc(=O)[nH]c3S[C@H]42)cc1. The van der Waals surface area contributed by atoms with Crippen LogP contribution in [0.2, 0.25) is 0 Å². The van der Waals surface area contributed by atoms with Crippen LogP contribution in [0.1, 0.15) is 66.4 Å². The number of carbonyl (C=O) groups is 3. The van der Waals surface area contributed by atoms with Crippen molar-refractivity contribution in [3.05, 3.63) is 79.8 Å². The summed E-state index contributed by atoms with van der Waals surface area (Å²) in [6, 6.07) is 15.3. The zero-order valence-corrected chi connectivity index (χ0v) is 25.0. The number of fused-ring (bicyclic) bond motifs is 9. The number of esters is 1. The summed E-state index contributed by atoms with van der Waals surface area (Å²) in [5, 5.41) is 1.06. The Balaban J connectivity index is 1.24. The first-order chi connectivity index (χ1) is 19.6. The number of rotatable bonds is 4. The molecular formula is C32H32N2O5S2. The van der Waals surface area contributed by atoms with E-state index >= 15 is 0 Å². The molecule has 41 heavy (non-hydrogen) atoms. The predicted molar refractivity (Wildman–Crippen MR) is 159 cm³/mol. The Labute approximate surface area is 246 Å². The molecule has 4 aliphatic rings. The minimum Gasteiger partial charge on any atom is -0.462 e. The van der Waals surface area contributed by atoms with E-state index in [1.54, 1.807) is 43.0 Å². The average molecular weight is 589 g/mol. The van der Waals surface area contributed by atoms with Gasteiger partial charge in [-0.05, 0) is 71.9 Å². The molecule has 2 saturated carbocycles. The minimum absolute atomic E-state index is 0.00554. The van der Waals surface area contributed by atoms with Crippen LogP contribution in [-0.4, -0.2) is 34.6 Å². The highest BCUT2D eigenvalue weighted by Crippen LogP contribution is 2.68. The smallest absolute Gasteiger partial charge is 0.338 e. The highest BCUT2D eigenvalue weighted by Gasteiger charge is 2.69. The number of imide groups is 1. The Morgan fingerprint density at radius 1 is 0.976 bits per heavy atom. The number of anilines is 1. The van der Waals surface area contributed by atoms with Gasteiger partial charge in [-0.1, -0.05) is 56.4 Å². The van der Waals surface area contributed by atoms with Gasteiger partial charge in [-0.3, -0.25) is 19.3 Å². The first kappa shape index (κ1) is 26.7. The number of hydrogen-bond acceptors (Lipinski definition) is 7. The topological polar surface area (TPSA) is 96.5 Å². The maximum atomic E-state index is 14.0. The number of thiazole rings is 1. The van der Waals surface area contributed by atoms with E-state index in [4.69, 9.17) is 4.74 Å². The maximum absolute atomic E-state index is 14.0. The van der Waals surface area contributed by atoms with E-state index in [9.17, 15) is 19.2 Å². The van der Waals surface area contributed by atoms with Crippen molar-refractivity contribution in [2.45, 2.75) is 55.7 Å². The second-order valence-electron chi connectivity index (χ2n) is 12.6.